The number of thiophene rings is 1. The van der Waals surface area contributed by atoms with Crippen LogP contribution in [-0.2, 0) is 4.74 Å². The molecule has 0 spiro atoms. The Morgan fingerprint density at radius 1 is 1.43 bits per heavy atom. The predicted molar refractivity (Wildman–Crippen MR) is 84.3 cm³/mol. The molecule has 2 aromatic rings. The standard InChI is InChI=1S/C15H20N2O3S/c1-3-20-5-4-10-6-11(7-10)17-14(18)12-9(2)8-21-13(12)16-15(17)19/h8,10-11H,3-7H2,1-2H3,(H,16,19). The Morgan fingerprint density at radius 3 is 2.90 bits per heavy atom. The fraction of sp³-hybridized carbons (Fsp3) is 0.600. The van der Waals surface area contributed by atoms with Gasteiger partial charge in [0.15, 0.2) is 0 Å². The molecule has 0 saturated heterocycles. The molecule has 0 aliphatic heterocycles. The summed E-state index contributed by atoms with van der Waals surface area (Å²) in [5, 5.41) is 2.58. The van der Waals surface area contributed by atoms with Crippen molar-refractivity contribution in [1.29, 1.82) is 0 Å². The molecule has 5 nitrogen and oxygen atoms in total. The third-order valence-corrected chi connectivity index (χ3v) is 5.31. The normalized spacial score (nSPS) is 21.6. The maximum atomic E-state index is 12.6. The highest BCUT2D eigenvalue weighted by atomic mass is 32.1. The third kappa shape index (κ3) is 2.58. The molecule has 1 fully saturated rings. The Labute approximate surface area is 126 Å². The number of aromatic nitrogens is 2. The third-order valence-electron chi connectivity index (χ3n) is 4.30. The van der Waals surface area contributed by atoms with Gasteiger partial charge in [-0.25, -0.2) is 4.79 Å². The Hall–Kier alpha value is -1.40. The molecule has 2 heterocycles. The zero-order valence-electron chi connectivity index (χ0n) is 12.3. The monoisotopic (exact) mass is 308 g/mol. The zero-order chi connectivity index (χ0) is 15.0. The maximum absolute atomic E-state index is 12.6. The highest BCUT2D eigenvalue weighted by Crippen LogP contribution is 2.38. The van der Waals surface area contributed by atoms with E-state index in [1.54, 1.807) is 0 Å². The number of aryl methyl sites for hydroxylation is 1. The predicted octanol–water partition coefficient (Wildman–Crippen LogP) is 2.44. The van der Waals surface area contributed by atoms with Crippen LogP contribution in [-0.4, -0.2) is 22.8 Å². The second kappa shape index (κ2) is 5.77. The Bertz CT molecular complexity index is 752. The molecule has 1 N–H and O–H groups in total. The molecule has 21 heavy (non-hydrogen) atoms. The van der Waals surface area contributed by atoms with E-state index in [1.165, 1.54) is 15.9 Å². The Kier molecular flexibility index (Phi) is 3.99. The van der Waals surface area contributed by atoms with Crippen molar-refractivity contribution in [2.24, 2.45) is 5.92 Å². The van der Waals surface area contributed by atoms with Crippen LogP contribution in [0.2, 0.25) is 0 Å². The van der Waals surface area contributed by atoms with Crippen LogP contribution < -0.4 is 11.2 Å². The largest absolute Gasteiger partial charge is 0.382 e. The lowest BCUT2D eigenvalue weighted by atomic mass is 9.78. The van der Waals surface area contributed by atoms with Gasteiger partial charge in [-0.3, -0.25) is 14.3 Å². The van der Waals surface area contributed by atoms with Crippen molar-refractivity contribution in [1.82, 2.24) is 9.55 Å². The van der Waals surface area contributed by atoms with Crippen LogP contribution in [0.3, 0.4) is 0 Å². The number of hydrogen-bond donors (Lipinski definition) is 1. The van der Waals surface area contributed by atoms with Gasteiger partial charge < -0.3 is 4.74 Å². The molecule has 0 atom stereocenters. The first-order valence-corrected chi connectivity index (χ1v) is 8.30. The van der Waals surface area contributed by atoms with E-state index in [2.05, 4.69) is 4.98 Å². The zero-order valence-corrected chi connectivity index (χ0v) is 13.2. The molecule has 1 saturated carbocycles. The van der Waals surface area contributed by atoms with E-state index in [0.717, 1.165) is 38.0 Å². The summed E-state index contributed by atoms with van der Waals surface area (Å²) < 4.78 is 6.77. The number of rotatable bonds is 5. The van der Waals surface area contributed by atoms with Gasteiger partial charge in [-0.15, -0.1) is 11.3 Å². The van der Waals surface area contributed by atoms with Gasteiger partial charge in [0.05, 0.1) is 5.39 Å². The van der Waals surface area contributed by atoms with Gasteiger partial charge in [-0.2, -0.15) is 0 Å². The summed E-state index contributed by atoms with van der Waals surface area (Å²) in [4.78, 5) is 28.2. The SMILES string of the molecule is CCOCCC1CC(n2c(=O)[nH]c3scc(C)c3c2=O)C1. The molecule has 6 heteroatoms. The van der Waals surface area contributed by atoms with E-state index in [9.17, 15) is 9.59 Å². The lowest BCUT2D eigenvalue weighted by Gasteiger charge is -2.35. The van der Waals surface area contributed by atoms with Crippen LogP contribution >= 0.6 is 11.3 Å². The molecular formula is C15H20N2O3S. The van der Waals surface area contributed by atoms with E-state index in [-0.39, 0.29) is 17.3 Å². The van der Waals surface area contributed by atoms with Gasteiger partial charge in [0, 0.05) is 19.3 Å². The summed E-state index contributed by atoms with van der Waals surface area (Å²) in [6.07, 6.45) is 2.80. The minimum absolute atomic E-state index is 0.0385. The van der Waals surface area contributed by atoms with Crippen LogP contribution in [0.5, 0.6) is 0 Å². The number of nitrogens with zero attached hydrogens (tertiary/aromatic N) is 1. The first-order chi connectivity index (χ1) is 10.1. The average Bonchev–Trinajstić information content (AvgIpc) is 2.76. The van der Waals surface area contributed by atoms with Crippen molar-refractivity contribution >= 4 is 21.6 Å². The summed E-state index contributed by atoms with van der Waals surface area (Å²) in [5.74, 6) is 0.562. The second-order valence-electron chi connectivity index (χ2n) is 5.70. The Balaban J connectivity index is 1.81. The van der Waals surface area contributed by atoms with Gasteiger partial charge in [0.1, 0.15) is 4.83 Å². The summed E-state index contributed by atoms with van der Waals surface area (Å²) in [6, 6.07) is 0.0385. The molecule has 1 aliphatic rings. The van der Waals surface area contributed by atoms with Crippen molar-refractivity contribution in [3.63, 3.8) is 0 Å². The molecule has 0 amide bonds. The minimum atomic E-state index is -0.275. The highest BCUT2D eigenvalue weighted by Gasteiger charge is 2.32. The molecule has 0 unspecified atom stereocenters. The minimum Gasteiger partial charge on any atom is -0.382 e. The maximum Gasteiger partial charge on any atom is 0.329 e. The van der Waals surface area contributed by atoms with Crippen molar-refractivity contribution in [3.05, 3.63) is 31.8 Å². The van der Waals surface area contributed by atoms with Crippen molar-refractivity contribution in [3.8, 4) is 0 Å². The van der Waals surface area contributed by atoms with Crippen molar-refractivity contribution in [2.45, 2.75) is 39.2 Å². The van der Waals surface area contributed by atoms with Crippen LogP contribution in [0.4, 0.5) is 0 Å². The number of aromatic amines is 1. The molecule has 0 aromatic carbocycles. The van der Waals surface area contributed by atoms with Gasteiger partial charge in [0.2, 0.25) is 0 Å². The van der Waals surface area contributed by atoms with Gasteiger partial charge in [0.25, 0.3) is 5.56 Å². The first kappa shape index (κ1) is 14.5. The average molecular weight is 308 g/mol. The fourth-order valence-corrected chi connectivity index (χ4v) is 3.97. The number of H-pyrrole nitrogens is 1. The van der Waals surface area contributed by atoms with E-state index in [1.807, 2.05) is 19.2 Å². The van der Waals surface area contributed by atoms with Gasteiger partial charge in [-0.1, -0.05) is 0 Å². The lowest BCUT2D eigenvalue weighted by Crippen LogP contribution is -2.43. The van der Waals surface area contributed by atoms with Crippen LogP contribution in [0.1, 0.15) is 37.8 Å². The first-order valence-electron chi connectivity index (χ1n) is 7.42. The van der Waals surface area contributed by atoms with Crippen molar-refractivity contribution in [2.75, 3.05) is 13.2 Å². The molecule has 0 bridgehead atoms. The number of nitrogens with one attached hydrogen (secondary N) is 1. The lowest BCUT2D eigenvalue weighted by molar-refractivity contribution is 0.0956. The Morgan fingerprint density at radius 2 is 2.19 bits per heavy atom. The summed E-state index contributed by atoms with van der Waals surface area (Å²) >= 11 is 1.42. The topological polar surface area (TPSA) is 64.1 Å². The number of ether oxygens (including phenoxy) is 1. The summed E-state index contributed by atoms with van der Waals surface area (Å²) in [7, 11) is 0. The van der Waals surface area contributed by atoms with E-state index < -0.39 is 0 Å². The fourth-order valence-electron chi connectivity index (χ4n) is 3.05. The van der Waals surface area contributed by atoms with E-state index >= 15 is 0 Å². The van der Waals surface area contributed by atoms with Gasteiger partial charge in [-0.05, 0) is 50.0 Å². The van der Waals surface area contributed by atoms with E-state index in [4.69, 9.17) is 4.74 Å². The molecule has 1 aliphatic carbocycles. The van der Waals surface area contributed by atoms with Crippen LogP contribution in [0.25, 0.3) is 10.2 Å². The number of hydrogen-bond acceptors (Lipinski definition) is 4. The van der Waals surface area contributed by atoms with E-state index in [0.29, 0.717) is 16.1 Å². The summed E-state index contributed by atoms with van der Waals surface area (Å²) in [6.45, 7) is 5.40. The molecule has 114 valence electrons. The highest BCUT2D eigenvalue weighted by molar-refractivity contribution is 7.16. The molecular weight excluding hydrogens is 288 g/mol. The summed E-state index contributed by atoms with van der Waals surface area (Å²) in [5.41, 5.74) is 0.528. The second-order valence-corrected chi connectivity index (χ2v) is 6.58. The molecule has 3 rings (SSSR count). The number of fused-ring (bicyclic) bond motifs is 1. The molecule has 2 aromatic heterocycles. The smallest absolute Gasteiger partial charge is 0.329 e. The van der Waals surface area contributed by atoms with Crippen LogP contribution in [0.15, 0.2) is 15.0 Å². The molecule has 0 radical (unpaired) electrons. The van der Waals surface area contributed by atoms with Crippen molar-refractivity contribution < 1.29 is 4.74 Å². The quantitative estimate of drug-likeness (QED) is 0.863. The van der Waals surface area contributed by atoms with Crippen LogP contribution in [0, 0.1) is 12.8 Å². The van der Waals surface area contributed by atoms with Gasteiger partial charge >= 0.3 is 5.69 Å².